The molecule has 1 aliphatic carbocycles. The van der Waals surface area contributed by atoms with Gasteiger partial charge in [-0.15, -0.1) is 0 Å². The maximum atomic E-state index is 6.65. The Bertz CT molecular complexity index is 285. The minimum Gasteiger partial charge on any atom is -0.326 e. The van der Waals surface area contributed by atoms with E-state index in [2.05, 4.69) is 23.6 Å². The van der Waals surface area contributed by atoms with Gasteiger partial charge in [0, 0.05) is 44.8 Å². The zero-order valence-corrected chi connectivity index (χ0v) is 12.0. The number of piperazine rings is 3. The maximum absolute atomic E-state index is 6.65. The first-order chi connectivity index (χ1) is 8.65. The van der Waals surface area contributed by atoms with E-state index in [1.54, 1.807) is 0 Å². The molecule has 4 aliphatic rings. The van der Waals surface area contributed by atoms with Crippen molar-refractivity contribution in [1.29, 1.82) is 0 Å². The van der Waals surface area contributed by atoms with E-state index in [-0.39, 0.29) is 0 Å². The van der Waals surface area contributed by atoms with Gasteiger partial charge in [0.2, 0.25) is 0 Å². The highest BCUT2D eigenvalue weighted by Crippen LogP contribution is 2.36. The Hall–Kier alpha value is -0.120. The van der Waals surface area contributed by atoms with Gasteiger partial charge in [-0.3, -0.25) is 9.80 Å². The van der Waals surface area contributed by atoms with Crippen LogP contribution in [0.15, 0.2) is 0 Å². The Kier molecular flexibility index (Phi) is 3.65. The predicted molar refractivity (Wildman–Crippen MR) is 75.4 cm³/mol. The fourth-order valence-corrected chi connectivity index (χ4v) is 4.28. The fraction of sp³-hybridized carbons (Fsp3) is 1.00. The number of fused-ring (bicyclic) bond motifs is 3. The molecule has 4 fully saturated rings. The van der Waals surface area contributed by atoms with Crippen molar-refractivity contribution >= 4 is 0 Å². The van der Waals surface area contributed by atoms with Crippen molar-refractivity contribution in [1.82, 2.24) is 9.80 Å². The molecular weight excluding hydrogens is 222 g/mol. The summed E-state index contributed by atoms with van der Waals surface area (Å²) in [6, 6.07) is 1.04. The third-order valence-corrected chi connectivity index (χ3v) is 5.95. The normalized spacial score (nSPS) is 50.2. The largest absolute Gasteiger partial charge is 0.326 e. The lowest BCUT2D eigenvalue weighted by atomic mass is 9.71. The zero-order valence-electron chi connectivity index (χ0n) is 12.0. The van der Waals surface area contributed by atoms with Crippen molar-refractivity contribution in [3.8, 4) is 0 Å². The molecule has 5 unspecified atom stereocenters. The van der Waals surface area contributed by atoms with Crippen molar-refractivity contribution < 1.29 is 0 Å². The van der Waals surface area contributed by atoms with Gasteiger partial charge in [0.05, 0.1) is 0 Å². The molecule has 0 amide bonds. The van der Waals surface area contributed by atoms with E-state index in [0.717, 1.165) is 17.8 Å². The maximum Gasteiger partial charge on any atom is 0.0378 e. The highest BCUT2D eigenvalue weighted by Gasteiger charge is 2.39. The van der Waals surface area contributed by atoms with Gasteiger partial charge in [0.25, 0.3) is 0 Å². The summed E-state index contributed by atoms with van der Waals surface area (Å²) in [7, 11) is 0. The summed E-state index contributed by atoms with van der Waals surface area (Å²) in [4.78, 5) is 5.27. The quantitative estimate of drug-likeness (QED) is 0.805. The van der Waals surface area contributed by atoms with Gasteiger partial charge in [-0.2, -0.15) is 0 Å². The van der Waals surface area contributed by atoms with Crippen LogP contribution in [0.4, 0.5) is 0 Å². The molecule has 18 heavy (non-hydrogen) atoms. The monoisotopic (exact) mass is 251 g/mol. The molecule has 3 saturated heterocycles. The van der Waals surface area contributed by atoms with E-state index >= 15 is 0 Å². The first-order valence-electron chi connectivity index (χ1n) is 7.87. The third-order valence-electron chi connectivity index (χ3n) is 5.95. The number of hydrogen-bond acceptors (Lipinski definition) is 3. The summed E-state index contributed by atoms with van der Waals surface area (Å²) in [6.07, 6.45) is 4.10. The SMILES string of the molecule is CC1CCC(C(N)C2CN3CCN2CC3)CC1C. The average molecular weight is 251 g/mol. The second-order valence-corrected chi connectivity index (χ2v) is 7.01. The molecule has 4 rings (SSSR count). The molecule has 2 bridgehead atoms. The fourth-order valence-electron chi connectivity index (χ4n) is 4.28. The van der Waals surface area contributed by atoms with E-state index in [0.29, 0.717) is 12.1 Å². The first kappa shape index (κ1) is 12.9. The minimum atomic E-state index is 0.406. The van der Waals surface area contributed by atoms with E-state index in [1.165, 1.54) is 52.0 Å². The summed E-state index contributed by atoms with van der Waals surface area (Å²) in [5, 5.41) is 0. The van der Waals surface area contributed by atoms with Gasteiger partial charge >= 0.3 is 0 Å². The predicted octanol–water partition coefficient (Wildman–Crippen LogP) is 1.39. The smallest absolute Gasteiger partial charge is 0.0378 e. The van der Waals surface area contributed by atoms with Crippen LogP contribution < -0.4 is 5.73 Å². The molecule has 0 spiro atoms. The van der Waals surface area contributed by atoms with Gasteiger partial charge in [0.15, 0.2) is 0 Å². The molecule has 0 aromatic heterocycles. The number of rotatable bonds is 2. The minimum absolute atomic E-state index is 0.406. The molecule has 5 atom stereocenters. The highest BCUT2D eigenvalue weighted by atomic mass is 15.3. The molecule has 3 aliphatic heterocycles. The van der Waals surface area contributed by atoms with E-state index in [1.807, 2.05) is 0 Å². The van der Waals surface area contributed by atoms with Crippen LogP contribution in [0, 0.1) is 17.8 Å². The molecule has 0 aromatic carbocycles. The highest BCUT2D eigenvalue weighted by molar-refractivity contribution is 4.97. The second-order valence-electron chi connectivity index (χ2n) is 7.01. The van der Waals surface area contributed by atoms with Gasteiger partial charge in [-0.25, -0.2) is 0 Å². The molecule has 0 aromatic rings. The van der Waals surface area contributed by atoms with Crippen LogP contribution >= 0.6 is 0 Å². The summed E-state index contributed by atoms with van der Waals surface area (Å²) in [5.41, 5.74) is 6.65. The van der Waals surface area contributed by atoms with E-state index < -0.39 is 0 Å². The Balaban J connectivity index is 1.62. The van der Waals surface area contributed by atoms with Crippen LogP contribution in [0.5, 0.6) is 0 Å². The van der Waals surface area contributed by atoms with E-state index in [4.69, 9.17) is 5.73 Å². The molecule has 1 saturated carbocycles. The summed E-state index contributed by atoms with van der Waals surface area (Å²) >= 11 is 0. The van der Waals surface area contributed by atoms with Crippen LogP contribution in [0.25, 0.3) is 0 Å². The van der Waals surface area contributed by atoms with Crippen molar-refractivity contribution in [3.05, 3.63) is 0 Å². The van der Waals surface area contributed by atoms with Gasteiger partial charge < -0.3 is 5.73 Å². The Morgan fingerprint density at radius 1 is 1.00 bits per heavy atom. The molecule has 2 N–H and O–H groups in total. The summed E-state index contributed by atoms with van der Waals surface area (Å²) in [6.45, 7) is 11.1. The molecule has 0 radical (unpaired) electrons. The van der Waals surface area contributed by atoms with Crippen LogP contribution in [-0.2, 0) is 0 Å². The lowest BCUT2D eigenvalue weighted by molar-refractivity contribution is -0.0125. The number of hydrogen-bond donors (Lipinski definition) is 1. The average Bonchev–Trinajstić information content (AvgIpc) is 2.42. The van der Waals surface area contributed by atoms with Gasteiger partial charge in [-0.05, 0) is 30.6 Å². The first-order valence-corrected chi connectivity index (χ1v) is 7.87. The van der Waals surface area contributed by atoms with Crippen molar-refractivity contribution in [2.75, 3.05) is 32.7 Å². The van der Waals surface area contributed by atoms with Crippen molar-refractivity contribution in [3.63, 3.8) is 0 Å². The number of nitrogens with two attached hydrogens (primary N) is 1. The van der Waals surface area contributed by atoms with Crippen molar-refractivity contribution in [2.45, 2.75) is 45.2 Å². The molecular formula is C15H29N3. The topological polar surface area (TPSA) is 32.5 Å². The third kappa shape index (κ3) is 2.33. The second kappa shape index (κ2) is 5.10. The number of nitrogens with zero attached hydrogens (tertiary/aromatic N) is 2. The Labute approximate surface area is 112 Å². The van der Waals surface area contributed by atoms with Gasteiger partial charge in [0.1, 0.15) is 0 Å². The lowest BCUT2D eigenvalue weighted by Crippen LogP contribution is -2.67. The van der Waals surface area contributed by atoms with Crippen LogP contribution in [0.1, 0.15) is 33.1 Å². The van der Waals surface area contributed by atoms with Gasteiger partial charge in [-0.1, -0.05) is 20.3 Å². The summed E-state index contributed by atoms with van der Waals surface area (Å²) in [5.74, 6) is 2.54. The molecule has 3 nitrogen and oxygen atoms in total. The Morgan fingerprint density at radius 3 is 2.28 bits per heavy atom. The van der Waals surface area contributed by atoms with Crippen LogP contribution in [0.2, 0.25) is 0 Å². The van der Waals surface area contributed by atoms with E-state index in [9.17, 15) is 0 Å². The standard InChI is InChI=1S/C15H29N3/c1-11-3-4-13(9-12(11)2)15(16)14-10-17-5-7-18(14)8-6-17/h11-15H,3-10,16H2,1-2H3. The molecule has 3 heterocycles. The molecule has 104 valence electrons. The lowest BCUT2D eigenvalue weighted by Gasteiger charge is -2.51. The van der Waals surface area contributed by atoms with Crippen molar-refractivity contribution in [2.24, 2.45) is 23.5 Å². The van der Waals surface area contributed by atoms with Crippen LogP contribution in [0.3, 0.4) is 0 Å². The zero-order chi connectivity index (χ0) is 12.7. The summed E-state index contributed by atoms with van der Waals surface area (Å²) < 4.78 is 0. The van der Waals surface area contributed by atoms with Crippen LogP contribution in [-0.4, -0.2) is 54.6 Å². The Morgan fingerprint density at radius 2 is 1.72 bits per heavy atom. The molecule has 3 heteroatoms.